The van der Waals surface area contributed by atoms with Crippen molar-refractivity contribution in [3.63, 3.8) is 0 Å². The number of para-hydroxylation sites is 1. The normalized spacial score (nSPS) is 17.0. The molecule has 1 saturated heterocycles. The van der Waals surface area contributed by atoms with Gasteiger partial charge in [0.1, 0.15) is 0 Å². The Kier molecular flexibility index (Phi) is 9.26. The molecule has 6 rings (SSSR count). The second-order valence-corrected chi connectivity index (χ2v) is 13.7. The van der Waals surface area contributed by atoms with Gasteiger partial charge in [0, 0.05) is 30.8 Å². The van der Waals surface area contributed by atoms with Crippen molar-refractivity contribution in [2.45, 2.75) is 64.7 Å². The molecule has 1 unspecified atom stereocenters. The summed E-state index contributed by atoms with van der Waals surface area (Å²) in [5.74, 6) is 0.640. The van der Waals surface area contributed by atoms with Crippen LogP contribution in [0.25, 0.3) is 5.57 Å². The molecule has 240 valence electrons. The monoisotopic (exact) mass is 624 g/mol. The van der Waals surface area contributed by atoms with E-state index in [4.69, 9.17) is 9.83 Å². The molecule has 3 aromatic carbocycles. The number of allylic oxidation sites excluding steroid dienone is 4. The molecule has 1 aromatic heterocycles. The second kappa shape index (κ2) is 13.5. The zero-order valence-electron chi connectivity index (χ0n) is 27.9. The van der Waals surface area contributed by atoms with E-state index in [9.17, 15) is 9.59 Å². The minimum Gasteiger partial charge on any atom is -0.461 e. The summed E-state index contributed by atoms with van der Waals surface area (Å²) in [6.07, 6.45) is 11.3. The largest absolute Gasteiger partial charge is 0.461 e. The van der Waals surface area contributed by atoms with Gasteiger partial charge in [0.05, 0.1) is 17.4 Å². The number of carbonyl (C=O) groups is 2. The maximum Gasteiger partial charge on any atom is 0.207 e. The van der Waals surface area contributed by atoms with Crippen LogP contribution in [0.3, 0.4) is 0 Å². The van der Waals surface area contributed by atoms with Crippen LogP contribution in [0.5, 0.6) is 0 Å². The van der Waals surface area contributed by atoms with Crippen molar-refractivity contribution in [1.82, 2.24) is 0 Å². The molecule has 0 radical (unpaired) electrons. The third-order valence-corrected chi connectivity index (χ3v) is 9.92. The first-order valence-corrected chi connectivity index (χ1v) is 16.7. The molecule has 2 heterocycles. The Balaban J connectivity index is 1.26. The van der Waals surface area contributed by atoms with E-state index in [1.165, 1.54) is 23.1 Å². The zero-order valence-corrected chi connectivity index (χ0v) is 27.9. The number of aryl methyl sites for hydroxylation is 1. The Morgan fingerprint density at radius 1 is 0.957 bits per heavy atom. The predicted molar refractivity (Wildman–Crippen MR) is 191 cm³/mol. The number of nitrogens with zero attached hydrogens (tertiary/aromatic N) is 1. The van der Waals surface area contributed by atoms with Crippen molar-refractivity contribution in [3.8, 4) is 0 Å². The number of benzene rings is 3. The molecule has 1 N–H and O–H groups in total. The SMILES string of the molecule is Cc1ccccc1N1CCC(c2ccc(C(=O)C(=N)Cc3cccc(C4=CCC(C)C=C4)c3)cc2C(C)(C)C(=O)c2ccco2)CC1. The molecular formula is C42H44N2O3. The molecule has 1 atom stereocenters. The van der Waals surface area contributed by atoms with Gasteiger partial charge in [-0.15, -0.1) is 0 Å². The van der Waals surface area contributed by atoms with Crippen molar-refractivity contribution in [3.05, 3.63) is 142 Å². The summed E-state index contributed by atoms with van der Waals surface area (Å²) in [5.41, 5.74) is 7.21. The number of hydrogen-bond donors (Lipinski definition) is 1. The number of ketones is 2. The standard InChI is InChI=1S/C42H44N2O3/c1-28-14-16-31(17-15-28)33-11-7-10-30(25-33)26-37(43)40(45)34-18-19-35(36(27-34)42(3,4)41(46)39-13-8-24-47-39)32-20-22-44(23-21-32)38-12-6-5-9-29(38)2/h5-14,16-19,24-25,27-28,32,43H,15,20-23,26H2,1-4H3. The van der Waals surface area contributed by atoms with Gasteiger partial charge in [-0.2, -0.15) is 0 Å². The summed E-state index contributed by atoms with van der Waals surface area (Å²) < 4.78 is 5.54. The van der Waals surface area contributed by atoms with E-state index in [-0.39, 0.29) is 29.6 Å². The quantitative estimate of drug-likeness (QED) is 0.141. The van der Waals surface area contributed by atoms with Crippen LogP contribution in [0.4, 0.5) is 5.69 Å². The van der Waals surface area contributed by atoms with Gasteiger partial charge in [-0.3, -0.25) is 9.59 Å². The second-order valence-electron chi connectivity index (χ2n) is 13.7. The van der Waals surface area contributed by atoms with Crippen LogP contribution >= 0.6 is 0 Å². The first-order chi connectivity index (χ1) is 22.6. The number of hydrogen-bond acceptors (Lipinski definition) is 5. The van der Waals surface area contributed by atoms with Crippen LogP contribution in [-0.4, -0.2) is 30.4 Å². The number of anilines is 1. The highest BCUT2D eigenvalue weighted by atomic mass is 16.3. The molecule has 1 aliphatic carbocycles. The van der Waals surface area contributed by atoms with E-state index < -0.39 is 5.41 Å². The van der Waals surface area contributed by atoms with Crippen LogP contribution in [-0.2, 0) is 11.8 Å². The smallest absolute Gasteiger partial charge is 0.207 e. The van der Waals surface area contributed by atoms with Gasteiger partial charge < -0.3 is 14.7 Å². The van der Waals surface area contributed by atoms with Gasteiger partial charge >= 0.3 is 0 Å². The molecule has 0 bridgehead atoms. The molecule has 5 nitrogen and oxygen atoms in total. The maximum absolute atomic E-state index is 13.8. The molecular weight excluding hydrogens is 580 g/mol. The van der Waals surface area contributed by atoms with Crippen LogP contribution in [0.1, 0.15) is 94.7 Å². The molecule has 4 aromatic rings. The highest BCUT2D eigenvalue weighted by molar-refractivity contribution is 6.45. The third kappa shape index (κ3) is 6.85. The van der Waals surface area contributed by atoms with Gasteiger partial charge in [0.15, 0.2) is 5.76 Å². The van der Waals surface area contributed by atoms with E-state index in [1.54, 1.807) is 12.1 Å². The van der Waals surface area contributed by atoms with E-state index in [2.05, 4.69) is 73.4 Å². The number of carbonyl (C=O) groups excluding carboxylic acids is 2. The van der Waals surface area contributed by atoms with E-state index in [0.29, 0.717) is 17.2 Å². The van der Waals surface area contributed by atoms with Crippen LogP contribution in [0.2, 0.25) is 0 Å². The summed E-state index contributed by atoms with van der Waals surface area (Å²) in [6, 6.07) is 25.8. The van der Waals surface area contributed by atoms with Gasteiger partial charge in [-0.25, -0.2) is 0 Å². The van der Waals surface area contributed by atoms with Crippen LogP contribution in [0.15, 0.2) is 108 Å². The van der Waals surface area contributed by atoms with E-state index >= 15 is 0 Å². The molecule has 1 aliphatic heterocycles. The van der Waals surface area contributed by atoms with Crippen LogP contribution in [0, 0.1) is 18.3 Å². The lowest BCUT2D eigenvalue weighted by molar-refractivity contribution is 0.0878. The van der Waals surface area contributed by atoms with Crippen molar-refractivity contribution >= 4 is 28.5 Å². The van der Waals surface area contributed by atoms with Crippen molar-refractivity contribution in [2.24, 2.45) is 5.92 Å². The molecule has 5 heteroatoms. The molecule has 0 saturated carbocycles. The van der Waals surface area contributed by atoms with Crippen molar-refractivity contribution in [2.75, 3.05) is 18.0 Å². The Labute approximate surface area is 278 Å². The number of piperidine rings is 1. The summed E-state index contributed by atoms with van der Waals surface area (Å²) in [7, 11) is 0. The number of furan rings is 1. The molecule has 0 spiro atoms. The summed E-state index contributed by atoms with van der Waals surface area (Å²) in [5, 5.41) is 8.84. The first-order valence-electron chi connectivity index (χ1n) is 16.7. The van der Waals surface area contributed by atoms with Gasteiger partial charge in [0.25, 0.3) is 0 Å². The summed E-state index contributed by atoms with van der Waals surface area (Å²) in [4.78, 5) is 30.1. The Bertz CT molecular complexity index is 1850. The van der Waals surface area contributed by atoms with E-state index in [1.807, 2.05) is 44.2 Å². The fourth-order valence-corrected chi connectivity index (χ4v) is 7.04. The third-order valence-electron chi connectivity index (χ3n) is 9.92. The topological polar surface area (TPSA) is 74.4 Å². The molecule has 0 amide bonds. The fraction of sp³-hybridized carbons (Fsp3) is 0.310. The Morgan fingerprint density at radius 3 is 2.45 bits per heavy atom. The Morgan fingerprint density at radius 2 is 1.74 bits per heavy atom. The zero-order chi connectivity index (χ0) is 33.1. The highest BCUT2D eigenvalue weighted by Crippen LogP contribution is 2.39. The molecule has 1 fully saturated rings. The molecule has 47 heavy (non-hydrogen) atoms. The Hall–Kier alpha value is -4.77. The van der Waals surface area contributed by atoms with Crippen LogP contribution < -0.4 is 4.90 Å². The van der Waals surface area contributed by atoms with Crippen molar-refractivity contribution < 1.29 is 14.0 Å². The number of nitrogens with one attached hydrogen (secondary N) is 1. The lowest BCUT2D eigenvalue weighted by atomic mass is 9.72. The maximum atomic E-state index is 13.8. The van der Waals surface area contributed by atoms with Crippen molar-refractivity contribution in [1.29, 1.82) is 5.41 Å². The van der Waals surface area contributed by atoms with Gasteiger partial charge in [0.2, 0.25) is 11.6 Å². The van der Waals surface area contributed by atoms with Gasteiger partial charge in [-0.05, 0) is 110 Å². The minimum absolute atomic E-state index is 0.0318. The fourth-order valence-electron chi connectivity index (χ4n) is 7.04. The summed E-state index contributed by atoms with van der Waals surface area (Å²) >= 11 is 0. The summed E-state index contributed by atoms with van der Waals surface area (Å²) in [6.45, 7) is 10.0. The lowest BCUT2D eigenvalue weighted by Gasteiger charge is -2.37. The molecule has 2 aliphatic rings. The minimum atomic E-state index is -0.939. The highest BCUT2D eigenvalue weighted by Gasteiger charge is 2.37. The average Bonchev–Trinajstić information content (AvgIpc) is 3.63. The number of Topliss-reactive ketones (excluding diaryl/α,β-unsaturated/α-hetero) is 2. The first kappa shape index (κ1) is 32.2. The van der Waals surface area contributed by atoms with Gasteiger partial charge in [-0.1, -0.05) is 79.7 Å². The predicted octanol–water partition coefficient (Wildman–Crippen LogP) is 9.56. The lowest BCUT2D eigenvalue weighted by Crippen LogP contribution is -2.35. The number of rotatable bonds is 10. The average molecular weight is 625 g/mol. The van der Waals surface area contributed by atoms with E-state index in [0.717, 1.165) is 54.6 Å².